The maximum absolute atomic E-state index is 11.2. The number of benzene rings is 3. The number of fused-ring (bicyclic) bond motifs is 1. The summed E-state index contributed by atoms with van der Waals surface area (Å²) in [6, 6.07) is 23.4. The van der Waals surface area contributed by atoms with E-state index in [-0.39, 0.29) is 5.56 Å². The second-order valence-electron chi connectivity index (χ2n) is 10.6. The first-order valence-electron chi connectivity index (χ1n) is 14.4. The van der Waals surface area contributed by atoms with E-state index in [0.29, 0.717) is 28.9 Å². The maximum Gasteiger partial charge on any atom is 0.335 e. The Balaban J connectivity index is 1.21. The number of thioether (sulfide) groups is 1. The Morgan fingerprint density at radius 2 is 1.82 bits per heavy atom. The van der Waals surface area contributed by atoms with Crippen molar-refractivity contribution in [2.24, 2.45) is 0 Å². The van der Waals surface area contributed by atoms with Gasteiger partial charge in [0.1, 0.15) is 21.7 Å². The van der Waals surface area contributed by atoms with Gasteiger partial charge < -0.3 is 19.5 Å². The summed E-state index contributed by atoms with van der Waals surface area (Å²) < 4.78 is 12.5. The molecule has 0 spiro atoms. The molecule has 3 aromatic carbocycles. The van der Waals surface area contributed by atoms with Crippen LogP contribution in [0.4, 0.5) is 0 Å². The van der Waals surface area contributed by atoms with Crippen LogP contribution >= 0.6 is 36.2 Å². The first-order valence-corrected chi connectivity index (χ1v) is 16.1. The number of rotatable bonds is 10. The number of carboxylic acids is 1. The quantitative estimate of drug-likeness (QED) is 0.152. The van der Waals surface area contributed by atoms with Gasteiger partial charge in [-0.1, -0.05) is 72.6 Å². The van der Waals surface area contributed by atoms with Crippen LogP contribution in [-0.2, 0) is 11.2 Å². The molecule has 0 aliphatic carbocycles. The zero-order valence-electron chi connectivity index (χ0n) is 24.0. The molecule has 7 nitrogen and oxygen atoms in total. The number of nitrogens with zero attached hydrogens (tertiary/aromatic N) is 3. The number of carboxylic acid groups (broad SMARTS) is 1. The Kier molecular flexibility index (Phi) is 9.63. The molecular weight excluding hydrogens is 611 g/mol. The number of ether oxygens (including phenoxy) is 2. The summed E-state index contributed by atoms with van der Waals surface area (Å²) in [5, 5.41) is 10.2. The van der Waals surface area contributed by atoms with Crippen molar-refractivity contribution in [1.29, 1.82) is 0 Å². The molecule has 10 heteroatoms. The van der Waals surface area contributed by atoms with Gasteiger partial charge in [-0.2, -0.15) is 0 Å². The lowest BCUT2D eigenvalue weighted by molar-refractivity contribution is 0.0323. The zero-order chi connectivity index (χ0) is 30.5. The molecule has 44 heavy (non-hydrogen) atoms. The summed E-state index contributed by atoms with van der Waals surface area (Å²) in [5.74, 6) is -0.123. The summed E-state index contributed by atoms with van der Waals surface area (Å²) in [6.45, 7) is 5.41. The average Bonchev–Trinajstić information content (AvgIpc) is 3.31. The van der Waals surface area contributed by atoms with Crippen LogP contribution in [0.1, 0.15) is 21.5 Å². The van der Waals surface area contributed by atoms with Crippen molar-refractivity contribution in [3.63, 3.8) is 0 Å². The van der Waals surface area contributed by atoms with Gasteiger partial charge in [-0.15, -0.1) is 0 Å². The lowest BCUT2D eigenvalue weighted by atomic mass is 10.0. The van der Waals surface area contributed by atoms with Gasteiger partial charge in [0.2, 0.25) is 0 Å². The molecule has 1 aromatic heterocycles. The number of aromatic carboxylic acids is 1. The van der Waals surface area contributed by atoms with Crippen molar-refractivity contribution in [3.05, 3.63) is 101 Å². The van der Waals surface area contributed by atoms with Gasteiger partial charge >= 0.3 is 5.97 Å². The fourth-order valence-electron chi connectivity index (χ4n) is 5.22. The average molecular weight is 642 g/mol. The molecule has 0 unspecified atom stereocenters. The van der Waals surface area contributed by atoms with Gasteiger partial charge in [0.15, 0.2) is 0 Å². The lowest BCUT2D eigenvalue weighted by Crippen LogP contribution is -2.38. The van der Waals surface area contributed by atoms with E-state index in [1.54, 1.807) is 12.1 Å². The molecule has 3 heterocycles. The Hall–Kier alpha value is -3.67. The van der Waals surface area contributed by atoms with Crippen LogP contribution in [0.3, 0.4) is 0 Å². The van der Waals surface area contributed by atoms with Crippen molar-refractivity contribution in [2.45, 2.75) is 6.42 Å². The molecule has 2 fully saturated rings. The molecule has 2 aliphatic rings. The predicted molar refractivity (Wildman–Crippen MR) is 185 cm³/mol. The van der Waals surface area contributed by atoms with Crippen LogP contribution in [0.5, 0.6) is 5.75 Å². The van der Waals surface area contributed by atoms with E-state index in [2.05, 4.69) is 29.2 Å². The fraction of sp³-hybridized carbons (Fsp3) is 0.235. The van der Waals surface area contributed by atoms with E-state index in [1.807, 2.05) is 53.6 Å². The highest BCUT2D eigenvalue weighted by molar-refractivity contribution is 8.27. The van der Waals surface area contributed by atoms with Gasteiger partial charge in [-0.25, -0.2) is 4.79 Å². The molecule has 2 aliphatic heterocycles. The molecule has 0 atom stereocenters. The van der Waals surface area contributed by atoms with E-state index in [9.17, 15) is 4.79 Å². The Bertz CT molecular complexity index is 1740. The van der Waals surface area contributed by atoms with Crippen LogP contribution in [0.25, 0.3) is 28.1 Å². The van der Waals surface area contributed by atoms with E-state index in [0.717, 1.165) is 76.7 Å². The molecular formula is C34H31N3O4S3. The molecule has 1 N–H and O–H groups in total. The van der Waals surface area contributed by atoms with E-state index in [1.165, 1.54) is 11.8 Å². The molecule has 224 valence electrons. The monoisotopic (exact) mass is 641 g/mol. The smallest absolute Gasteiger partial charge is 0.335 e. The minimum atomic E-state index is -0.933. The normalized spacial score (nSPS) is 16.6. The molecule has 0 amide bonds. The molecule has 6 rings (SSSR count). The highest BCUT2D eigenvalue weighted by Crippen LogP contribution is 2.37. The first-order chi connectivity index (χ1) is 21.4. The minimum absolute atomic E-state index is 0.272. The van der Waals surface area contributed by atoms with Crippen molar-refractivity contribution >= 4 is 68.5 Å². The Morgan fingerprint density at radius 1 is 1.02 bits per heavy atom. The summed E-state index contributed by atoms with van der Waals surface area (Å²) >= 11 is 13.0. The lowest BCUT2D eigenvalue weighted by Gasteiger charge is -2.26. The topological polar surface area (TPSA) is 75.1 Å². The van der Waals surface area contributed by atoms with Crippen molar-refractivity contribution in [2.75, 3.05) is 46.0 Å². The second-order valence-corrected chi connectivity index (χ2v) is 12.6. The van der Waals surface area contributed by atoms with E-state index in [4.69, 9.17) is 44.0 Å². The number of pyridine rings is 1. The highest BCUT2D eigenvalue weighted by atomic mass is 32.2. The number of morpholine rings is 1. The van der Waals surface area contributed by atoms with Gasteiger partial charge in [-0.3, -0.25) is 9.88 Å². The van der Waals surface area contributed by atoms with Crippen molar-refractivity contribution in [1.82, 2.24) is 14.8 Å². The number of para-hydroxylation sites is 1. The SMILES string of the molecule is O=C(O)c1ccc(CCN2C(=S)S/C(=C\c3ccc(OCCN4CCOCC4)c(-c4cnc5ccccc5c4)c3)C2=S)cc1. The van der Waals surface area contributed by atoms with Crippen LogP contribution < -0.4 is 4.74 Å². The number of hydrogen-bond donors (Lipinski definition) is 1. The fourth-order valence-corrected chi connectivity index (χ4v) is 7.02. The van der Waals surface area contributed by atoms with Gasteiger partial charge in [0, 0.05) is 48.9 Å². The number of carbonyl (C=O) groups is 1. The third kappa shape index (κ3) is 7.17. The molecule has 0 radical (unpaired) electrons. The van der Waals surface area contributed by atoms with Crippen LogP contribution in [-0.4, -0.2) is 81.2 Å². The van der Waals surface area contributed by atoms with Gasteiger partial charge in [0.25, 0.3) is 0 Å². The molecule has 0 bridgehead atoms. The molecule has 4 aromatic rings. The number of thiocarbonyl (C=S) groups is 2. The summed E-state index contributed by atoms with van der Waals surface area (Å²) in [5.41, 5.74) is 5.20. The van der Waals surface area contributed by atoms with E-state index >= 15 is 0 Å². The minimum Gasteiger partial charge on any atom is -0.492 e. The standard InChI is InChI=1S/C34H31N3O4S3/c38-33(39)25-8-5-23(6-9-25)11-12-37-32(42)31(44-34(37)43)20-24-7-10-30(41-18-15-36-13-16-40-17-14-36)28(19-24)27-21-26-3-1-2-4-29(26)35-22-27/h1-10,19-22H,11-18H2,(H,38,39)/b31-20-. The predicted octanol–water partition coefficient (Wildman–Crippen LogP) is 6.56. The van der Waals surface area contributed by atoms with Crippen LogP contribution in [0.2, 0.25) is 0 Å². The second kappa shape index (κ2) is 14.0. The Morgan fingerprint density at radius 3 is 2.61 bits per heavy atom. The van der Waals surface area contributed by atoms with Crippen LogP contribution in [0.15, 0.2) is 83.9 Å². The maximum atomic E-state index is 11.2. The summed E-state index contributed by atoms with van der Waals surface area (Å²) in [7, 11) is 0. The highest BCUT2D eigenvalue weighted by Gasteiger charge is 2.28. The van der Waals surface area contributed by atoms with Crippen molar-refractivity contribution in [3.8, 4) is 16.9 Å². The Labute approximate surface area is 271 Å². The molecule has 0 saturated carbocycles. The zero-order valence-corrected chi connectivity index (χ0v) is 26.4. The number of aromatic nitrogens is 1. The van der Waals surface area contributed by atoms with Gasteiger partial charge in [-0.05, 0) is 60.0 Å². The third-order valence-electron chi connectivity index (χ3n) is 7.67. The van der Waals surface area contributed by atoms with Crippen molar-refractivity contribution < 1.29 is 19.4 Å². The van der Waals surface area contributed by atoms with E-state index < -0.39 is 5.97 Å². The molecule has 2 saturated heterocycles. The largest absolute Gasteiger partial charge is 0.492 e. The summed E-state index contributed by atoms with van der Waals surface area (Å²) in [6.07, 6.45) is 4.68. The number of hydrogen-bond acceptors (Lipinski definition) is 8. The van der Waals surface area contributed by atoms with Gasteiger partial charge in [0.05, 0.1) is 29.2 Å². The first kappa shape index (κ1) is 30.4. The van der Waals surface area contributed by atoms with Crippen LogP contribution in [0, 0.1) is 0 Å². The third-order valence-corrected chi connectivity index (χ3v) is 9.64. The summed E-state index contributed by atoms with van der Waals surface area (Å²) in [4.78, 5) is 21.8.